The molecule has 1 aromatic heterocycles. The molecular weight excluding hydrogens is 352 g/mol. The first-order valence-corrected chi connectivity index (χ1v) is 11.0. The highest BCUT2D eigenvalue weighted by atomic mass is 16.5. The van der Waals surface area contributed by atoms with Crippen LogP contribution in [-0.4, -0.2) is 72.6 Å². The van der Waals surface area contributed by atoms with E-state index in [4.69, 9.17) is 9.73 Å². The Hall–Kier alpha value is -1.60. The number of ether oxygens (including phenoxy) is 1. The molecule has 2 N–H and O–H groups in total. The molecule has 2 rings (SSSR count). The zero-order valence-electron chi connectivity index (χ0n) is 18.3. The first-order valence-electron chi connectivity index (χ1n) is 11.0. The summed E-state index contributed by atoms with van der Waals surface area (Å²) in [7, 11) is 1.96. The molecule has 1 aromatic rings. The lowest BCUT2D eigenvalue weighted by Crippen LogP contribution is -2.49. The van der Waals surface area contributed by atoms with Gasteiger partial charge in [0.05, 0.1) is 26.0 Å². The number of hydrogen-bond donors (Lipinski definition) is 2. The van der Waals surface area contributed by atoms with Gasteiger partial charge in [-0.25, -0.2) is 0 Å². The Morgan fingerprint density at radius 2 is 1.96 bits per heavy atom. The van der Waals surface area contributed by atoms with Crippen LogP contribution in [0.3, 0.4) is 0 Å². The predicted molar refractivity (Wildman–Crippen MR) is 116 cm³/mol. The molecule has 0 amide bonds. The summed E-state index contributed by atoms with van der Waals surface area (Å²) in [5.41, 5.74) is 1.28. The van der Waals surface area contributed by atoms with E-state index in [0.29, 0.717) is 12.0 Å². The molecule has 1 atom stereocenters. The van der Waals surface area contributed by atoms with Crippen LogP contribution in [0.25, 0.3) is 0 Å². The average molecular weight is 393 g/mol. The Balaban J connectivity index is 1.89. The van der Waals surface area contributed by atoms with E-state index in [1.54, 1.807) is 0 Å². The zero-order valence-corrected chi connectivity index (χ0v) is 18.3. The van der Waals surface area contributed by atoms with Crippen molar-refractivity contribution in [2.45, 2.75) is 52.5 Å². The number of nitrogens with one attached hydrogen (secondary N) is 2. The van der Waals surface area contributed by atoms with Crippen LogP contribution in [0.2, 0.25) is 0 Å². The molecule has 0 aliphatic carbocycles. The molecule has 160 valence electrons. The smallest absolute Gasteiger partial charge is 0.191 e. The third-order valence-electron chi connectivity index (χ3n) is 5.58. The van der Waals surface area contributed by atoms with Crippen LogP contribution in [0.1, 0.15) is 45.6 Å². The highest BCUT2D eigenvalue weighted by molar-refractivity contribution is 5.79. The van der Waals surface area contributed by atoms with Crippen molar-refractivity contribution in [1.82, 2.24) is 25.3 Å². The highest BCUT2D eigenvalue weighted by Gasteiger charge is 2.26. The maximum absolute atomic E-state index is 5.56. The van der Waals surface area contributed by atoms with Crippen LogP contribution in [0.15, 0.2) is 17.4 Å². The van der Waals surface area contributed by atoms with E-state index in [1.807, 2.05) is 17.9 Å². The fraction of sp³-hybridized carbons (Fsp3) is 0.810. The summed E-state index contributed by atoms with van der Waals surface area (Å²) in [6, 6.07) is 0.491. The van der Waals surface area contributed by atoms with Gasteiger partial charge in [0.2, 0.25) is 0 Å². The topological polar surface area (TPSA) is 66.7 Å². The molecule has 0 bridgehead atoms. The number of aryl methyl sites for hydroxylation is 2. The summed E-state index contributed by atoms with van der Waals surface area (Å²) in [6.45, 7) is 13.1. The van der Waals surface area contributed by atoms with Crippen molar-refractivity contribution in [3.63, 3.8) is 0 Å². The molecule has 28 heavy (non-hydrogen) atoms. The second-order valence-corrected chi connectivity index (χ2v) is 7.56. The van der Waals surface area contributed by atoms with Crippen molar-refractivity contribution in [3.05, 3.63) is 18.0 Å². The molecule has 0 saturated carbocycles. The van der Waals surface area contributed by atoms with Gasteiger partial charge in [0.15, 0.2) is 5.96 Å². The summed E-state index contributed by atoms with van der Waals surface area (Å²) in [6.07, 6.45) is 8.52. The van der Waals surface area contributed by atoms with Crippen molar-refractivity contribution in [2.24, 2.45) is 18.0 Å². The first kappa shape index (κ1) is 22.7. The van der Waals surface area contributed by atoms with Gasteiger partial charge in [0, 0.05) is 45.5 Å². The SMILES string of the molecule is CCNC(=NCC(C(CC)CC)N1CCOCC1)NCCCc1cnn(C)c1. The van der Waals surface area contributed by atoms with Crippen LogP contribution in [0, 0.1) is 5.92 Å². The van der Waals surface area contributed by atoms with E-state index >= 15 is 0 Å². The molecule has 1 fully saturated rings. The number of aromatic nitrogens is 2. The summed E-state index contributed by atoms with van der Waals surface area (Å²) in [4.78, 5) is 7.53. The fourth-order valence-electron chi connectivity index (χ4n) is 3.93. The van der Waals surface area contributed by atoms with Crippen molar-refractivity contribution >= 4 is 5.96 Å². The van der Waals surface area contributed by atoms with Crippen molar-refractivity contribution < 1.29 is 4.74 Å². The molecule has 1 aliphatic rings. The lowest BCUT2D eigenvalue weighted by Gasteiger charge is -2.38. The number of aliphatic imine (C=N–C) groups is 1. The standard InChI is InChI=1S/C21H40N6O/c1-5-19(6-2)20(27-11-13-28-14-12-27)16-24-21(22-7-3)23-10-8-9-18-15-25-26(4)17-18/h15,17,19-20H,5-14,16H2,1-4H3,(H2,22,23,24). The molecule has 1 aliphatic heterocycles. The molecule has 1 saturated heterocycles. The van der Waals surface area contributed by atoms with Crippen molar-refractivity contribution in [2.75, 3.05) is 45.9 Å². The van der Waals surface area contributed by atoms with Gasteiger partial charge in [-0.3, -0.25) is 14.6 Å². The van der Waals surface area contributed by atoms with Gasteiger partial charge in [-0.1, -0.05) is 26.7 Å². The van der Waals surface area contributed by atoms with Gasteiger partial charge in [0.25, 0.3) is 0 Å². The Morgan fingerprint density at radius 3 is 2.57 bits per heavy atom. The average Bonchev–Trinajstić information content (AvgIpc) is 3.14. The van der Waals surface area contributed by atoms with E-state index in [-0.39, 0.29) is 0 Å². The summed E-state index contributed by atoms with van der Waals surface area (Å²) >= 11 is 0. The molecule has 0 spiro atoms. The van der Waals surface area contributed by atoms with Crippen LogP contribution in [0.4, 0.5) is 0 Å². The van der Waals surface area contributed by atoms with Crippen LogP contribution in [-0.2, 0) is 18.2 Å². The van der Waals surface area contributed by atoms with Crippen LogP contribution < -0.4 is 10.6 Å². The maximum atomic E-state index is 5.56. The minimum absolute atomic E-state index is 0.491. The predicted octanol–water partition coefficient (Wildman–Crippen LogP) is 2.04. The molecule has 2 heterocycles. The lowest BCUT2D eigenvalue weighted by atomic mass is 9.92. The minimum Gasteiger partial charge on any atom is -0.379 e. The van der Waals surface area contributed by atoms with Gasteiger partial charge >= 0.3 is 0 Å². The number of nitrogens with zero attached hydrogens (tertiary/aromatic N) is 4. The number of hydrogen-bond acceptors (Lipinski definition) is 4. The molecule has 0 radical (unpaired) electrons. The Labute approximate surface area is 170 Å². The maximum Gasteiger partial charge on any atom is 0.191 e. The largest absolute Gasteiger partial charge is 0.379 e. The summed E-state index contributed by atoms with van der Waals surface area (Å²) < 4.78 is 7.42. The molecule has 0 aromatic carbocycles. The molecular formula is C21H40N6O. The van der Waals surface area contributed by atoms with E-state index < -0.39 is 0 Å². The number of morpholine rings is 1. The molecule has 7 heteroatoms. The summed E-state index contributed by atoms with van der Waals surface area (Å²) in [5.74, 6) is 1.60. The monoisotopic (exact) mass is 392 g/mol. The lowest BCUT2D eigenvalue weighted by molar-refractivity contribution is 0.00395. The van der Waals surface area contributed by atoms with Crippen molar-refractivity contribution in [3.8, 4) is 0 Å². The fourth-order valence-corrected chi connectivity index (χ4v) is 3.93. The molecule has 7 nitrogen and oxygen atoms in total. The minimum atomic E-state index is 0.491. The zero-order chi connectivity index (χ0) is 20.2. The third-order valence-corrected chi connectivity index (χ3v) is 5.58. The summed E-state index contributed by atoms with van der Waals surface area (Å²) in [5, 5.41) is 11.1. The molecule has 1 unspecified atom stereocenters. The number of guanidine groups is 1. The van der Waals surface area contributed by atoms with Gasteiger partial charge < -0.3 is 15.4 Å². The van der Waals surface area contributed by atoms with Crippen LogP contribution in [0.5, 0.6) is 0 Å². The quantitative estimate of drug-likeness (QED) is 0.343. The second kappa shape index (κ2) is 12.8. The van der Waals surface area contributed by atoms with Gasteiger partial charge in [-0.05, 0) is 31.2 Å². The Bertz CT molecular complexity index is 563. The van der Waals surface area contributed by atoms with Gasteiger partial charge in [-0.15, -0.1) is 0 Å². The number of rotatable bonds is 11. The second-order valence-electron chi connectivity index (χ2n) is 7.56. The Kier molecular flexibility index (Phi) is 10.4. The third kappa shape index (κ3) is 7.43. The van der Waals surface area contributed by atoms with Crippen molar-refractivity contribution in [1.29, 1.82) is 0 Å². The highest BCUT2D eigenvalue weighted by Crippen LogP contribution is 2.20. The Morgan fingerprint density at radius 1 is 1.21 bits per heavy atom. The van der Waals surface area contributed by atoms with Gasteiger partial charge in [-0.2, -0.15) is 5.10 Å². The van der Waals surface area contributed by atoms with E-state index in [9.17, 15) is 0 Å². The van der Waals surface area contributed by atoms with Gasteiger partial charge in [0.1, 0.15) is 0 Å². The first-order chi connectivity index (χ1) is 13.7. The van der Waals surface area contributed by atoms with E-state index in [1.165, 1.54) is 18.4 Å². The normalized spacial score (nSPS) is 17.1. The van der Waals surface area contributed by atoms with E-state index in [0.717, 1.165) is 64.7 Å². The van der Waals surface area contributed by atoms with E-state index in [2.05, 4.69) is 47.6 Å². The van der Waals surface area contributed by atoms with Crippen LogP contribution >= 0.6 is 0 Å².